The second kappa shape index (κ2) is 6.67. The van der Waals surface area contributed by atoms with Crippen molar-refractivity contribution in [3.63, 3.8) is 0 Å². The molecule has 3 heterocycles. The SMILES string of the molecule is CC(C)c1nn(C)cc1NC(=O)N1CC[C@@H](C)[C@H](n2ccnc2)C1. The molecule has 24 heavy (non-hydrogen) atoms. The molecule has 0 radical (unpaired) electrons. The van der Waals surface area contributed by atoms with Gasteiger partial charge in [-0.1, -0.05) is 20.8 Å². The highest BCUT2D eigenvalue weighted by atomic mass is 16.2. The highest BCUT2D eigenvalue weighted by molar-refractivity contribution is 5.90. The van der Waals surface area contributed by atoms with E-state index < -0.39 is 0 Å². The Balaban J connectivity index is 1.71. The lowest BCUT2D eigenvalue weighted by molar-refractivity contribution is 0.149. The summed E-state index contributed by atoms with van der Waals surface area (Å²) < 4.78 is 3.85. The molecule has 1 fully saturated rings. The number of amides is 2. The number of imidazole rings is 1. The van der Waals surface area contributed by atoms with Crippen molar-refractivity contribution >= 4 is 11.7 Å². The molecule has 0 aliphatic carbocycles. The summed E-state index contributed by atoms with van der Waals surface area (Å²) in [7, 11) is 1.87. The zero-order valence-electron chi connectivity index (χ0n) is 14.8. The van der Waals surface area contributed by atoms with E-state index in [1.54, 1.807) is 10.9 Å². The molecule has 2 aromatic rings. The van der Waals surface area contributed by atoms with E-state index in [1.165, 1.54) is 0 Å². The number of aryl methyl sites for hydroxylation is 1. The predicted octanol–water partition coefficient (Wildman–Crippen LogP) is 2.86. The van der Waals surface area contributed by atoms with Gasteiger partial charge in [-0.15, -0.1) is 0 Å². The average molecular weight is 330 g/mol. The number of rotatable bonds is 3. The van der Waals surface area contributed by atoms with Crippen molar-refractivity contribution in [3.05, 3.63) is 30.6 Å². The van der Waals surface area contributed by atoms with E-state index in [2.05, 4.69) is 40.7 Å². The van der Waals surface area contributed by atoms with Crippen molar-refractivity contribution in [1.82, 2.24) is 24.2 Å². The van der Waals surface area contributed by atoms with Gasteiger partial charge >= 0.3 is 6.03 Å². The van der Waals surface area contributed by atoms with Gasteiger partial charge in [0, 0.05) is 38.7 Å². The van der Waals surface area contributed by atoms with Crippen molar-refractivity contribution in [1.29, 1.82) is 0 Å². The number of carbonyl (C=O) groups is 1. The molecule has 1 N–H and O–H groups in total. The van der Waals surface area contributed by atoms with Crippen LogP contribution in [-0.4, -0.2) is 43.4 Å². The first-order valence-corrected chi connectivity index (χ1v) is 8.52. The largest absolute Gasteiger partial charge is 0.332 e. The molecule has 1 aliphatic heterocycles. The summed E-state index contributed by atoms with van der Waals surface area (Å²) in [6.45, 7) is 7.86. The van der Waals surface area contributed by atoms with E-state index in [-0.39, 0.29) is 18.0 Å². The monoisotopic (exact) mass is 330 g/mol. The van der Waals surface area contributed by atoms with Crippen molar-refractivity contribution in [2.45, 2.75) is 39.2 Å². The second-order valence-electron chi connectivity index (χ2n) is 6.98. The van der Waals surface area contributed by atoms with Crippen molar-refractivity contribution in [2.24, 2.45) is 13.0 Å². The van der Waals surface area contributed by atoms with E-state index in [4.69, 9.17) is 0 Å². The Hall–Kier alpha value is -2.31. The summed E-state index contributed by atoms with van der Waals surface area (Å²) in [6.07, 6.45) is 8.45. The van der Waals surface area contributed by atoms with Crippen LogP contribution in [0.2, 0.25) is 0 Å². The Morgan fingerprint density at radius 2 is 2.21 bits per heavy atom. The fourth-order valence-electron chi connectivity index (χ4n) is 3.31. The topological polar surface area (TPSA) is 68.0 Å². The number of likely N-dealkylation sites (tertiary alicyclic amines) is 1. The molecule has 7 nitrogen and oxygen atoms in total. The number of hydrogen-bond donors (Lipinski definition) is 1. The number of nitrogens with zero attached hydrogens (tertiary/aromatic N) is 5. The van der Waals surface area contributed by atoms with Gasteiger partial charge in [0.15, 0.2) is 0 Å². The number of aromatic nitrogens is 4. The van der Waals surface area contributed by atoms with Gasteiger partial charge in [0.05, 0.1) is 23.8 Å². The normalized spacial score (nSPS) is 21.3. The Labute approximate surface area is 142 Å². The van der Waals surface area contributed by atoms with E-state index in [0.717, 1.165) is 24.3 Å². The highest BCUT2D eigenvalue weighted by Gasteiger charge is 2.30. The van der Waals surface area contributed by atoms with Gasteiger partial charge in [0.1, 0.15) is 0 Å². The Morgan fingerprint density at radius 3 is 2.88 bits per heavy atom. The lowest BCUT2D eigenvalue weighted by Gasteiger charge is -2.37. The molecule has 0 unspecified atom stereocenters. The Morgan fingerprint density at radius 1 is 1.42 bits per heavy atom. The first kappa shape index (κ1) is 16.5. The van der Waals surface area contributed by atoms with Gasteiger partial charge in [0.2, 0.25) is 0 Å². The summed E-state index contributed by atoms with van der Waals surface area (Å²) in [5.74, 6) is 0.787. The number of carbonyl (C=O) groups excluding carboxylic acids is 1. The molecule has 7 heteroatoms. The van der Waals surface area contributed by atoms with Gasteiger partial charge in [-0.25, -0.2) is 9.78 Å². The maximum Gasteiger partial charge on any atom is 0.322 e. The van der Waals surface area contributed by atoms with E-state index in [1.807, 2.05) is 30.7 Å². The van der Waals surface area contributed by atoms with Crippen LogP contribution in [0.5, 0.6) is 0 Å². The lowest BCUT2D eigenvalue weighted by atomic mass is 9.93. The van der Waals surface area contributed by atoms with E-state index in [0.29, 0.717) is 12.5 Å². The minimum Gasteiger partial charge on any atom is -0.332 e. The Bertz CT molecular complexity index is 690. The third kappa shape index (κ3) is 3.29. The molecule has 0 spiro atoms. The second-order valence-corrected chi connectivity index (χ2v) is 6.98. The Kier molecular flexibility index (Phi) is 4.59. The van der Waals surface area contributed by atoms with Crippen molar-refractivity contribution in [3.8, 4) is 0 Å². The summed E-state index contributed by atoms with van der Waals surface area (Å²) in [5.41, 5.74) is 1.72. The summed E-state index contributed by atoms with van der Waals surface area (Å²) in [5, 5.41) is 7.49. The minimum atomic E-state index is -0.0538. The van der Waals surface area contributed by atoms with Crippen LogP contribution in [0.25, 0.3) is 0 Å². The minimum absolute atomic E-state index is 0.0538. The first-order chi connectivity index (χ1) is 11.5. The van der Waals surface area contributed by atoms with Crippen LogP contribution >= 0.6 is 0 Å². The maximum atomic E-state index is 12.7. The van der Waals surface area contributed by atoms with Crippen molar-refractivity contribution in [2.75, 3.05) is 18.4 Å². The molecule has 2 atom stereocenters. The molecular formula is C17H26N6O. The number of piperidine rings is 1. The molecular weight excluding hydrogens is 304 g/mol. The number of urea groups is 1. The predicted molar refractivity (Wildman–Crippen MR) is 92.9 cm³/mol. The molecule has 0 bridgehead atoms. The zero-order chi connectivity index (χ0) is 17.3. The molecule has 0 aromatic carbocycles. The summed E-state index contributed by atoms with van der Waals surface area (Å²) >= 11 is 0. The third-order valence-corrected chi connectivity index (χ3v) is 4.76. The van der Waals surface area contributed by atoms with Crippen molar-refractivity contribution < 1.29 is 4.79 Å². The van der Waals surface area contributed by atoms with Crippen LogP contribution in [0.3, 0.4) is 0 Å². The molecule has 130 valence electrons. The average Bonchev–Trinajstić information content (AvgIpc) is 3.17. The number of hydrogen-bond acceptors (Lipinski definition) is 3. The van der Waals surface area contributed by atoms with Crippen LogP contribution < -0.4 is 5.32 Å². The molecule has 0 saturated carbocycles. The summed E-state index contributed by atoms with van der Waals surface area (Å²) in [4.78, 5) is 18.8. The molecule has 1 aliphatic rings. The first-order valence-electron chi connectivity index (χ1n) is 8.52. The smallest absolute Gasteiger partial charge is 0.322 e. The van der Waals surface area contributed by atoms with Crippen LogP contribution in [0.4, 0.5) is 10.5 Å². The highest BCUT2D eigenvalue weighted by Crippen LogP contribution is 2.28. The number of anilines is 1. The third-order valence-electron chi connectivity index (χ3n) is 4.76. The van der Waals surface area contributed by atoms with Gasteiger partial charge in [0.25, 0.3) is 0 Å². The number of nitrogens with one attached hydrogen (secondary N) is 1. The van der Waals surface area contributed by atoms with Gasteiger partial charge in [-0.3, -0.25) is 4.68 Å². The van der Waals surface area contributed by atoms with Crippen LogP contribution in [0, 0.1) is 5.92 Å². The van der Waals surface area contributed by atoms with Gasteiger partial charge in [-0.2, -0.15) is 5.10 Å². The maximum absolute atomic E-state index is 12.7. The molecule has 2 aromatic heterocycles. The van der Waals surface area contributed by atoms with E-state index >= 15 is 0 Å². The summed E-state index contributed by atoms with van der Waals surface area (Å²) in [6, 6.07) is 0.215. The molecule has 1 saturated heterocycles. The zero-order valence-corrected chi connectivity index (χ0v) is 14.8. The quantitative estimate of drug-likeness (QED) is 0.941. The standard InChI is InChI=1S/C17H26N6O/c1-12(2)16-14(9-21(4)20-16)19-17(24)22-7-5-13(3)15(10-22)23-8-6-18-11-23/h6,8-9,11-13,15H,5,7,10H2,1-4H3,(H,19,24)/t13-,15-/m1/s1. The fourth-order valence-corrected chi connectivity index (χ4v) is 3.31. The molecule has 2 amide bonds. The van der Waals surface area contributed by atoms with E-state index in [9.17, 15) is 4.79 Å². The van der Waals surface area contributed by atoms with Gasteiger partial charge < -0.3 is 14.8 Å². The van der Waals surface area contributed by atoms with Gasteiger partial charge in [-0.05, 0) is 18.3 Å². The fraction of sp³-hybridized carbons (Fsp3) is 0.588. The van der Waals surface area contributed by atoms with Crippen LogP contribution in [0.15, 0.2) is 24.9 Å². The molecule has 3 rings (SSSR count). The van der Waals surface area contributed by atoms with Crippen LogP contribution in [0.1, 0.15) is 44.8 Å². The van der Waals surface area contributed by atoms with Crippen LogP contribution in [-0.2, 0) is 7.05 Å². The lowest BCUT2D eigenvalue weighted by Crippen LogP contribution is -2.45.